The van der Waals surface area contributed by atoms with Crippen molar-refractivity contribution in [3.05, 3.63) is 78.2 Å². The van der Waals surface area contributed by atoms with Crippen molar-refractivity contribution in [3.8, 4) is 17.1 Å². The zero-order valence-corrected chi connectivity index (χ0v) is 14.3. The van der Waals surface area contributed by atoms with E-state index in [0.717, 1.165) is 5.56 Å². The fourth-order valence-corrected chi connectivity index (χ4v) is 2.56. The van der Waals surface area contributed by atoms with Gasteiger partial charge < -0.3 is 9.84 Å². The van der Waals surface area contributed by atoms with E-state index in [2.05, 4.69) is 20.6 Å². The maximum atomic E-state index is 13.3. The first-order valence-electron chi connectivity index (χ1n) is 8.12. The summed E-state index contributed by atoms with van der Waals surface area (Å²) < 4.78 is 19.8. The van der Waals surface area contributed by atoms with Crippen LogP contribution in [0.3, 0.4) is 0 Å². The second-order valence-corrected chi connectivity index (χ2v) is 5.80. The standard InChI is InChI=1S/C19H14FN5O2/c1-12-21-18(24-27-12)13-4-2-6-15(10-13)22-19(26)17-8-9-25(23-17)16-7-3-5-14(20)11-16/h2-11H,1H3,(H,22,26). The molecule has 2 aromatic carbocycles. The summed E-state index contributed by atoms with van der Waals surface area (Å²) in [4.78, 5) is 16.6. The summed E-state index contributed by atoms with van der Waals surface area (Å²) in [6, 6.07) is 14.6. The molecule has 7 nitrogen and oxygen atoms in total. The third kappa shape index (κ3) is 3.59. The zero-order chi connectivity index (χ0) is 18.8. The van der Waals surface area contributed by atoms with Gasteiger partial charge in [0.15, 0.2) is 5.69 Å². The highest BCUT2D eigenvalue weighted by Crippen LogP contribution is 2.20. The van der Waals surface area contributed by atoms with Crippen molar-refractivity contribution in [2.75, 3.05) is 5.32 Å². The Bertz CT molecular complexity index is 1120. The minimum atomic E-state index is -0.383. The first-order chi connectivity index (χ1) is 13.1. The van der Waals surface area contributed by atoms with E-state index in [-0.39, 0.29) is 17.4 Å². The van der Waals surface area contributed by atoms with Gasteiger partial charge in [-0.2, -0.15) is 10.1 Å². The van der Waals surface area contributed by atoms with Gasteiger partial charge in [-0.3, -0.25) is 4.79 Å². The molecular weight excluding hydrogens is 349 g/mol. The number of aryl methyl sites for hydroxylation is 1. The van der Waals surface area contributed by atoms with Crippen LogP contribution in [0.1, 0.15) is 16.4 Å². The molecule has 0 saturated heterocycles. The van der Waals surface area contributed by atoms with Crippen LogP contribution in [0.2, 0.25) is 0 Å². The average Bonchev–Trinajstić information content (AvgIpc) is 3.31. The minimum absolute atomic E-state index is 0.208. The average molecular weight is 363 g/mol. The van der Waals surface area contributed by atoms with Crippen molar-refractivity contribution in [1.82, 2.24) is 19.9 Å². The van der Waals surface area contributed by atoms with Crippen LogP contribution in [0.4, 0.5) is 10.1 Å². The zero-order valence-electron chi connectivity index (χ0n) is 14.3. The number of hydrogen-bond acceptors (Lipinski definition) is 5. The molecule has 0 radical (unpaired) electrons. The number of anilines is 1. The smallest absolute Gasteiger partial charge is 0.276 e. The van der Waals surface area contributed by atoms with Gasteiger partial charge in [-0.25, -0.2) is 9.07 Å². The van der Waals surface area contributed by atoms with Gasteiger partial charge in [0.25, 0.3) is 5.91 Å². The summed E-state index contributed by atoms with van der Waals surface area (Å²) in [5, 5.41) is 10.8. The van der Waals surface area contributed by atoms with Crippen LogP contribution in [0, 0.1) is 12.7 Å². The lowest BCUT2D eigenvalue weighted by Crippen LogP contribution is -2.13. The predicted octanol–water partition coefficient (Wildman–Crippen LogP) is 3.62. The second-order valence-electron chi connectivity index (χ2n) is 5.80. The van der Waals surface area contributed by atoms with Gasteiger partial charge in [-0.05, 0) is 36.4 Å². The van der Waals surface area contributed by atoms with Crippen molar-refractivity contribution >= 4 is 11.6 Å². The quantitative estimate of drug-likeness (QED) is 0.598. The summed E-state index contributed by atoms with van der Waals surface area (Å²) in [5.41, 5.74) is 2.03. The first kappa shape index (κ1) is 16.6. The van der Waals surface area contributed by atoms with Crippen LogP contribution >= 0.6 is 0 Å². The van der Waals surface area contributed by atoms with E-state index < -0.39 is 0 Å². The molecule has 27 heavy (non-hydrogen) atoms. The maximum Gasteiger partial charge on any atom is 0.276 e. The Balaban J connectivity index is 1.53. The van der Waals surface area contributed by atoms with Crippen LogP contribution in [0.5, 0.6) is 0 Å². The molecule has 0 aliphatic heterocycles. The summed E-state index contributed by atoms with van der Waals surface area (Å²) >= 11 is 0. The van der Waals surface area contributed by atoms with E-state index in [1.165, 1.54) is 16.8 Å². The van der Waals surface area contributed by atoms with Gasteiger partial charge >= 0.3 is 0 Å². The lowest BCUT2D eigenvalue weighted by molar-refractivity contribution is 0.102. The summed E-state index contributed by atoms with van der Waals surface area (Å²) in [5.74, 6) is 0.149. The SMILES string of the molecule is Cc1nc(-c2cccc(NC(=O)c3ccn(-c4cccc(F)c4)n3)c2)no1. The van der Waals surface area contributed by atoms with E-state index in [1.807, 2.05) is 6.07 Å². The topological polar surface area (TPSA) is 85.8 Å². The van der Waals surface area contributed by atoms with Gasteiger partial charge in [0.05, 0.1) is 5.69 Å². The van der Waals surface area contributed by atoms with Crippen LogP contribution in [0.25, 0.3) is 17.1 Å². The summed E-state index contributed by atoms with van der Waals surface area (Å²) in [7, 11) is 0. The number of rotatable bonds is 4. The Morgan fingerprint density at radius 2 is 2.00 bits per heavy atom. The predicted molar refractivity (Wildman–Crippen MR) is 95.9 cm³/mol. The van der Waals surface area contributed by atoms with Crippen molar-refractivity contribution in [2.24, 2.45) is 0 Å². The van der Waals surface area contributed by atoms with Crippen molar-refractivity contribution < 1.29 is 13.7 Å². The Kier molecular flexibility index (Phi) is 4.21. The molecule has 0 spiro atoms. The van der Waals surface area contributed by atoms with E-state index >= 15 is 0 Å². The fraction of sp³-hybridized carbons (Fsp3) is 0.0526. The van der Waals surface area contributed by atoms with Gasteiger partial charge in [-0.1, -0.05) is 23.4 Å². The molecule has 0 fully saturated rings. The Morgan fingerprint density at radius 1 is 1.15 bits per heavy atom. The molecule has 0 aliphatic carbocycles. The van der Waals surface area contributed by atoms with Crippen LogP contribution in [0.15, 0.2) is 65.3 Å². The molecule has 0 bridgehead atoms. The molecule has 0 atom stereocenters. The molecule has 134 valence electrons. The number of benzene rings is 2. The second kappa shape index (κ2) is 6.83. The fourth-order valence-electron chi connectivity index (χ4n) is 2.56. The normalized spacial score (nSPS) is 10.7. The Morgan fingerprint density at radius 3 is 2.78 bits per heavy atom. The number of carbonyl (C=O) groups excluding carboxylic acids is 1. The molecular formula is C19H14FN5O2. The van der Waals surface area contributed by atoms with Gasteiger partial charge in [0.2, 0.25) is 11.7 Å². The van der Waals surface area contributed by atoms with Gasteiger partial charge in [0, 0.05) is 24.4 Å². The van der Waals surface area contributed by atoms with Gasteiger partial charge in [-0.15, -0.1) is 0 Å². The van der Waals surface area contributed by atoms with E-state index in [9.17, 15) is 9.18 Å². The number of amides is 1. The molecule has 4 aromatic rings. The monoisotopic (exact) mass is 363 g/mol. The molecule has 2 heterocycles. The number of halogens is 1. The molecule has 1 amide bonds. The molecule has 4 rings (SSSR count). The van der Waals surface area contributed by atoms with E-state index in [0.29, 0.717) is 23.1 Å². The number of aromatic nitrogens is 4. The highest BCUT2D eigenvalue weighted by atomic mass is 19.1. The highest BCUT2D eigenvalue weighted by molar-refractivity contribution is 6.03. The number of nitrogens with zero attached hydrogens (tertiary/aromatic N) is 4. The summed E-state index contributed by atoms with van der Waals surface area (Å²) in [6.45, 7) is 1.71. The molecule has 0 aliphatic rings. The third-order valence-electron chi connectivity index (χ3n) is 3.80. The van der Waals surface area contributed by atoms with Crippen LogP contribution in [-0.4, -0.2) is 25.8 Å². The van der Waals surface area contributed by atoms with Crippen molar-refractivity contribution in [3.63, 3.8) is 0 Å². The van der Waals surface area contributed by atoms with E-state index in [1.54, 1.807) is 49.5 Å². The minimum Gasteiger partial charge on any atom is -0.339 e. The highest BCUT2D eigenvalue weighted by Gasteiger charge is 2.12. The van der Waals surface area contributed by atoms with E-state index in [4.69, 9.17) is 4.52 Å². The number of carbonyl (C=O) groups is 1. The Hall–Kier alpha value is -3.81. The molecule has 0 saturated carbocycles. The third-order valence-corrected chi connectivity index (χ3v) is 3.80. The maximum absolute atomic E-state index is 13.3. The molecule has 1 N–H and O–H groups in total. The molecule has 2 aromatic heterocycles. The first-order valence-corrected chi connectivity index (χ1v) is 8.12. The summed E-state index contributed by atoms with van der Waals surface area (Å²) in [6.07, 6.45) is 1.60. The van der Waals surface area contributed by atoms with Gasteiger partial charge in [0.1, 0.15) is 5.82 Å². The van der Waals surface area contributed by atoms with Crippen molar-refractivity contribution in [1.29, 1.82) is 0 Å². The molecule has 8 heteroatoms. The number of hydrogen-bond donors (Lipinski definition) is 1. The largest absolute Gasteiger partial charge is 0.339 e. The Labute approximate surface area is 153 Å². The lowest BCUT2D eigenvalue weighted by atomic mass is 10.2. The molecule has 0 unspecified atom stereocenters. The van der Waals surface area contributed by atoms with Crippen LogP contribution < -0.4 is 5.32 Å². The lowest BCUT2D eigenvalue weighted by Gasteiger charge is -2.05. The van der Waals surface area contributed by atoms with Crippen LogP contribution in [-0.2, 0) is 0 Å². The van der Waals surface area contributed by atoms with Crippen molar-refractivity contribution in [2.45, 2.75) is 6.92 Å². The number of nitrogens with one attached hydrogen (secondary N) is 1.